The number of para-hydroxylation sites is 1. The summed E-state index contributed by atoms with van der Waals surface area (Å²) in [6.07, 6.45) is 1.47. The molecule has 0 bridgehead atoms. The molecule has 0 aliphatic carbocycles. The molecule has 0 aliphatic heterocycles. The van der Waals surface area contributed by atoms with Gasteiger partial charge in [-0.2, -0.15) is 0 Å². The summed E-state index contributed by atoms with van der Waals surface area (Å²) in [4.78, 5) is 9.16. The second-order valence-electron chi connectivity index (χ2n) is 3.35. The van der Waals surface area contributed by atoms with Crippen LogP contribution in [0.3, 0.4) is 0 Å². The summed E-state index contributed by atoms with van der Waals surface area (Å²) in [5.41, 5.74) is 0.880. The predicted octanol–water partition coefficient (Wildman–Crippen LogP) is 3.60. The van der Waals surface area contributed by atoms with Gasteiger partial charge in [0, 0.05) is 5.56 Å². The Labute approximate surface area is 109 Å². The van der Waals surface area contributed by atoms with Crippen LogP contribution in [0.15, 0.2) is 40.5 Å². The summed E-state index contributed by atoms with van der Waals surface area (Å²) in [5.74, 6) is 0.826. The van der Waals surface area contributed by atoms with Gasteiger partial charge in [0.05, 0.1) is 12.0 Å². The van der Waals surface area contributed by atoms with Crippen LogP contribution < -0.4 is 4.74 Å². The maximum Gasteiger partial charge on any atom is 0.136 e. The van der Waals surface area contributed by atoms with Gasteiger partial charge >= 0.3 is 0 Å². The first-order valence-corrected chi connectivity index (χ1v) is 6.20. The summed E-state index contributed by atoms with van der Waals surface area (Å²) in [5, 5.41) is 1.33. The van der Waals surface area contributed by atoms with Crippen LogP contribution in [0.1, 0.15) is 5.56 Å². The predicted molar refractivity (Wildman–Crippen MR) is 68.9 cm³/mol. The minimum Gasteiger partial charge on any atom is -0.496 e. The zero-order valence-electron chi connectivity index (χ0n) is 9.48. The van der Waals surface area contributed by atoms with Gasteiger partial charge in [0.25, 0.3) is 0 Å². The Balaban J connectivity index is 2.35. The maximum atomic E-state index is 5.96. The van der Waals surface area contributed by atoms with E-state index < -0.39 is 0 Å². The Morgan fingerprint density at radius 3 is 2.76 bits per heavy atom. The molecule has 2 rings (SSSR count). The van der Waals surface area contributed by atoms with Crippen molar-refractivity contribution in [3.05, 3.63) is 41.3 Å². The molecule has 88 valence electrons. The number of hydrogen-bond acceptors (Lipinski definition) is 4. The summed E-state index contributed by atoms with van der Waals surface area (Å²) in [6.45, 7) is 1.90. The molecule has 0 fully saturated rings. The third kappa shape index (κ3) is 2.70. The van der Waals surface area contributed by atoms with Crippen LogP contribution in [0.2, 0.25) is 5.15 Å². The second-order valence-corrected chi connectivity index (χ2v) is 4.74. The lowest BCUT2D eigenvalue weighted by atomic mass is 10.3. The van der Waals surface area contributed by atoms with Gasteiger partial charge in [0.2, 0.25) is 0 Å². The molecule has 0 spiro atoms. The first-order chi connectivity index (χ1) is 8.22. The third-order valence-electron chi connectivity index (χ3n) is 2.25. The van der Waals surface area contributed by atoms with Crippen LogP contribution in [0, 0.1) is 6.92 Å². The lowest BCUT2D eigenvalue weighted by Gasteiger charge is -2.08. The smallest absolute Gasteiger partial charge is 0.136 e. The standard InChI is InChI=1S/C12H11ClN2OS/c1-8-11(13)14-7-15-12(8)17-10-6-4-3-5-9(10)16-2/h3-7H,1-2H3. The molecule has 0 N–H and O–H groups in total. The highest BCUT2D eigenvalue weighted by molar-refractivity contribution is 7.99. The molecule has 0 amide bonds. The number of rotatable bonds is 3. The maximum absolute atomic E-state index is 5.96. The Kier molecular flexibility index (Phi) is 3.86. The van der Waals surface area contributed by atoms with Crippen molar-refractivity contribution in [1.82, 2.24) is 9.97 Å². The second kappa shape index (κ2) is 5.38. The highest BCUT2D eigenvalue weighted by atomic mass is 35.5. The molecular formula is C12H11ClN2OS. The van der Waals surface area contributed by atoms with E-state index in [0.29, 0.717) is 5.15 Å². The van der Waals surface area contributed by atoms with Crippen LogP contribution in [0.5, 0.6) is 5.75 Å². The van der Waals surface area contributed by atoms with E-state index in [1.807, 2.05) is 31.2 Å². The molecule has 0 saturated carbocycles. The topological polar surface area (TPSA) is 35.0 Å². The van der Waals surface area contributed by atoms with Crippen molar-refractivity contribution >= 4 is 23.4 Å². The van der Waals surface area contributed by atoms with Gasteiger partial charge in [0.15, 0.2) is 0 Å². The zero-order chi connectivity index (χ0) is 12.3. The normalized spacial score (nSPS) is 10.3. The molecule has 0 saturated heterocycles. The Hall–Kier alpha value is -1.26. The molecule has 0 radical (unpaired) electrons. The number of halogens is 1. The number of nitrogens with zero attached hydrogens (tertiary/aromatic N) is 2. The Bertz CT molecular complexity index is 534. The van der Waals surface area contributed by atoms with E-state index in [4.69, 9.17) is 16.3 Å². The first-order valence-electron chi connectivity index (χ1n) is 5.00. The van der Waals surface area contributed by atoms with E-state index >= 15 is 0 Å². The number of hydrogen-bond donors (Lipinski definition) is 0. The fourth-order valence-electron chi connectivity index (χ4n) is 1.32. The van der Waals surface area contributed by atoms with Crippen molar-refractivity contribution in [3.8, 4) is 5.75 Å². The first kappa shape index (κ1) is 12.2. The van der Waals surface area contributed by atoms with E-state index in [9.17, 15) is 0 Å². The van der Waals surface area contributed by atoms with E-state index in [0.717, 1.165) is 21.2 Å². The Morgan fingerprint density at radius 2 is 2.00 bits per heavy atom. The summed E-state index contributed by atoms with van der Waals surface area (Å²) in [6, 6.07) is 7.80. The number of ether oxygens (including phenoxy) is 1. The van der Waals surface area contributed by atoms with Crippen molar-refractivity contribution in [3.63, 3.8) is 0 Å². The number of aromatic nitrogens is 2. The van der Waals surface area contributed by atoms with Crippen LogP contribution >= 0.6 is 23.4 Å². The summed E-state index contributed by atoms with van der Waals surface area (Å²) in [7, 11) is 1.65. The van der Waals surface area contributed by atoms with E-state index in [1.165, 1.54) is 18.1 Å². The van der Waals surface area contributed by atoms with Gasteiger partial charge in [-0.25, -0.2) is 9.97 Å². The van der Waals surface area contributed by atoms with E-state index in [1.54, 1.807) is 7.11 Å². The van der Waals surface area contributed by atoms with Crippen LogP contribution in [0.4, 0.5) is 0 Å². The Morgan fingerprint density at radius 1 is 1.24 bits per heavy atom. The van der Waals surface area contributed by atoms with Crippen molar-refractivity contribution in [2.75, 3.05) is 7.11 Å². The fraction of sp³-hybridized carbons (Fsp3) is 0.167. The lowest BCUT2D eigenvalue weighted by Crippen LogP contribution is -1.91. The van der Waals surface area contributed by atoms with Crippen molar-refractivity contribution < 1.29 is 4.74 Å². The average molecular weight is 267 g/mol. The van der Waals surface area contributed by atoms with Crippen LogP contribution in [-0.2, 0) is 0 Å². The largest absolute Gasteiger partial charge is 0.496 e. The zero-order valence-corrected chi connectivity index (χ0v) is 11.0. The minimum absolute atomic E-state index is 0.484. The fourth-order valence-corrected chi connectivity index (χ4v) is 2.47. The molecule has 1 heterocycles. The molecule has 0 atom stereocenters. The SMILES string of the molecule is COc1ccccc1Sc1ncnc(Cl)c1C. The quantitative estimate of drug-likeness (QED) is 0.795. The lowest BCUT2D eigenvalue weighted by molar-refractivity contribution is 0.405. The molecule has 0 aliphatic rings. The van der Waals surface area contributed by atoms with Crippen LogP contribution in [0.25, 0.3) is 0 Å². The minimum atomic E-state index is 0.484. The number of methoxy groups -OCH3 is 1. The van der Waals surface area contributed by atoms with Crippen molar-refractivity contribution in [2.24, 2.45) is 0 Å². The molecule has 2 aromatic rings. The van der Waals surface area contributed by atoms with E-state index in [-0.39, 0.29) is 0 Å². The van der Waals surface area contributed by atoms with Crippen molar-refractivity contribution in [2.45, 2.75) is 16.8 Å². The number of benzene rings is 1. The third-order valence-corrected chi connectivity index (χ3v) is 3.80. The highest BCUT2D eigenvalue weighted by Crippen LogP contribution is 2.35. The molecule has 1 aromatic heterocycles. The average Bonchev–Trinajstić information content (AvgIpc) is 2.35. The summed E-state index contributed by atoms with van der Waals surface area (Å²) >= 11 is 7.48. The van der Waals surface area contributed by atoms with Crippen molar-refractivity contribution in [1.29, 1.82) is 0 Å². The van der Waals surface area contributed by atoms with Gasteiger partial charge in [-0.15, -0.1) is 0 Å². The molecule has 5 heteroatoms. The molecule has 1 aromatic carbocycles. The van der Waals surface area contributed by atoms with Gasteiger partial charge < -0.3 is 4.74 Å². The highest BCUT2D eigenvalue weighted by Gasteiger charge is 2.09. The monoisotopic (exact) mass is 266 g/mol. The van der Waals surface area contributed by atoms with Crippen LogP contribution in [-0.4, -0.2) is 17.1 Å². The molecule has 17 heavy (non-hydrogen) atoms. The van der Waals surface area contributed by atoms with Gasteiger partial charge in [0.1, 0.15) is 22.3 Å². The van der Waals surface area contributed by atoms with E-state index in [2.05, 4.69) is 9.97 Å². The van der Waals surface area contributed by atoms with Gasteiger partial charge in [-0.1, -0.05) is 35.5 Å². The summed E-state index contributed by atoms with van der Waals surface area (Å²) < 4.78 is 5.29. The molecular weight excluding hydrogens is 256 g/mol. The molecule has 0 unspecified atom stereocenters. The van der Waals surface area contributed by atoms with Gasteiger partial charge in [-0.05, 0) is 19.1 Å². The van der Waals surface area contributed by atoms with Gasteiger partial charge in [-0.3, -0.25) is 0 Å². The molecule has 3 nitrogen and oxygen atoms in total.